The van der Waals surface area contributed by atoms with Crippen molar-refractivity contribution in [2.75, 3.05) is 33.9 Å². The molecule has 7 rings (SSSR count). The van der Waals surface area contributed by atoms with Gasteiger partial charge in [0.25, 0.3) is 11.8 Å². The summed E-state index contributed by atoms with van der Waals surface area (Å²) in [5.41, 5.74) is 11.6. The van der Waals surface area contributed by atoms with Crippen LogP contribution >= 0.6 is 0 Å². The van der Waals surface area contributed by atoms with Crippen LogP contribution in [0.5, 0.6) is 17.2 Å². The molecule has 338 valence electrons. The molecular formula is C46H52N6O12. The number of fused-ring (bicyclic) bond motifs is 2. The van der Waals surface area contributed by atoms with Gasteiger partial charge in [0, 0.05) is 73.1 Å². The van der Waals surface area contributed by atoms with E-state index in [4.69, 9.17) is 25.7 Å². The molecule has 3 heterocycles. The SMILES string of the molecule is CCc1c(OC)cc(OC2OC(CO)C(O)(CC(CN3C(=O)C=CC3=O)C3=CCNC(N)=C3)C(O)C2O)c2c1C(=O)c1cc(CCc3ccccc3)c(CNC(N)=NC)c(O)c1C2=O. The van der Waals surface area contributed by atoms with Crippen molar-refractivity contribution in [1.82, 2.24) is 15.5 Å². The van der Waals surface area contributed by atoms with Gasteiger partial charge in [-0.25, -0.2) is 0 Å². The Balaban J connectivity index is 1.25. The van der Waals surface area contributed by atoms with Crippen LogP contribution in [0.25, 0.3) is 0 Å². The lowest BCUT2D eigenvalue weighted by atomic mass is 9.75. The molecule has 3 aromatic rings. The summed E-state index contributed by atoms with van der Waals surface area (Å²) in [6, 6.07) is 12.5. The first-order valence-corrected chi connectivity index (χ1v) is 20.8. The Morgan fingerprint density at radius 3 is 2.39 bits per heavy atom. The summed E-state index contributed by atoms with van der Waals surface area (Å²) in [5.74, 6) is -3.76. The predicted molar refractivity (Wildman–Crippen MR) is 231 cm³/mol. The molecule has 3 aromatic carbocycles. The van der Waals surface area contributed by atoms with Crippen LogP contribution in [0, 0.1) is 5.92 Å². The summed E-state index contributed by atoms with van der Waals surface area (Å²) >= 11 is 0. The number of aromatic hydroxyl groups is 1. The summed E-state index contributed by atoms with van der Waals surface area (Å²) in [6.07, 6.45) is -1.51. The Bertz CT molecular complexity index is 2460. The molecule has 64 heavy (non-hydrogen) atoms. The number of aliphatic imine (C=N–C) groups is 1. The number of allylic oxidation sites excluding steroid dienone is 1. The average molecular weight is 881 g/mol. The molecule has 4 aliphatic rings. The molecule has 18 heteroatoms. The number of nitrogens with two attached hydrogens (primary N) is 2. The van der Waals surface area contributed by atoms with Crippen molar-refractivity contribution in [2.24, 2.45) is 22.4 Å². The van der Waals surface area contributed by atoms with Gasteiger partial charge in [0.15, 0.2) is 11.7 Å². The third-order valence-corrected chi connectivity index (χ3v) is 12.3. The molecule has 18 nitrogen and oxygen atoms in total. The maximum Gasteiger partial charge on any atom is 0.253 e. The number of hydrogen-bond acceptors (Lipinski definition) is 15. The number of benzene rings is 3. The highest BCUT2D eigenvalue weighted by molar-refractivity contribution is 6.31. The van der Waals surface area contributed by atoms with E-state index >= 15 is 0 Å². The molecule has 0 radical (unpaired) electrons. The number of phenolic OH excluding ortho intramolecular Hbond substituents is 1. The molecule has 0 bridgehead atoms. The predicted octanol–water partition coefficient (Wildman–Crippen LogP) is 0.368. The van der Waals surface area contributed by atoms with Crippen LogP contribution in [0.4, 0.5) is 0 Å². The van der Waals surface area contributed by atoms with Crippen LogP contribution in [0.15, 0.2) is 83.2 Å². The van der Waals surface area contributed by atoms with Crippen molar-refractivity contribution >= 4 is 29.3 Å². The molecule has 6 atom stereocenters. The molecule has 0 aromatic heterocycles. The van der Waals surface area contributed by atoms with E-state index in [1.54, 1.807) is 25.1 Å². The Morgan fingerprint density at radius 2 is 1.75 bits per heavy atom. The highest BCUT2D eigenvalue weighted by atomic mass is 16.7. The van der Waals surface area contributed by atoms with Gasteiger partial charge in [0.05, 0.1) is 30.7 Å². The lowest BCUT2D eigenvalue weighted by molar-refractivity contribution is -0.316. The zero-order valence-corrected chi connectivity index (χ0v) is 35.5. The summed E-state index contributed by atoms with van der Waals surface area (Å²) in [5, 5.41) is 64.2. The third kappa shape index (κ3) is 8.45. The second-order valence-corrected chi connectivity index (χ2v) is 16.0. The number of amides is 2. The maximum atomic E-state index is 14.9. The average Bonchev–Trinajstić information content (AvgIpc) is 3.61. The number of nitrogens with one attached hydrogen (secondary N) is 2. The van der Waals surface area contributed by atoms with Crippen LogP contribution in [0.3, 0.4) is 0 Å². The molecule has 1 fully saturated rings. The quantitative estimate of drug-likeness (QED) is 0.0443. The van der Waals surface area contributed by atoms with Crippen LogP contribution in [0.2, 0.25) is 0 Å². The summed E-state index contributed by atoms with van der Waals surface area (Å²) in [4.78, 5) is 59.8. The van der Waals surface area contributed by atoms with Crippen molar-refractivity contribution < 1.29 is 58.9 Å². The van der Waals surface area contributed by atoms with Gasteiger partial charge in [-0.05, 0) is 54.5 Å². The number of aliphatic hydroxyl groups excluding tert-OH is 3. The fourth-order valence-electron chi connectivity index (χ4n) is 8.86. The molecule has 0 saturated carbocycles. The minimum atomic E-state index is -2.43. The number of ketones is 2. The van der Waals surface area contributed by atoms with E-state index in [1.165, 1.54) is 20.2 Å². The van der Waals surface area contributed by atoms with E-state index in [-0.39, 0.29) is 71.6 Å². The van der Waals surface area contributed by atoms with Gasteiger partial charge >= 0.3 is 0 Å². The monoisotopic (exact) mass is 880 g/mol. The number of aryl methyl sites for hydroxylation is 2. The highest BCUT2D eigenvalue weighted by Crippen LogP contribution is 2.46. The van der Waals surface area contributed by atoms with E-state index in [0.717, 1.165) is 22.6 Å². The van der Waals surface area contributed by atoms with Gasteiger partial charge in [0.1, 0.15) is 41.2 Å². The molecule has 6 unspecified atom stereocenters. The summed E-state index contributed by atoms with van der Waals surface area (Å²) in [6.45, 7) is 0.829. The number of phenols is 1. The smallest absolute Gasteiger partial charge is 0.253 e. The van der Waals surface area contributed by atoms with Crippen molar-refractivity contribution in [3.8, 4) is 17.2 Å². The number of hydrogen-bond donors (Lipinski definition) is 9. The number of imide groups is 1. The Labute approximate surface area is 368 Å². The number of carbonyl (C=O) groups excluding carboxylic acids is 4. The van der Waals surface area contributed by atoms with Gasteiger partial charge in [-0.3, -0.25) is 29.1 Å². The van der Waals surface area contributed by atoms with Crippen LogP contribution in [0.1, 0.15) is 67.4 Å². The number of rotatable bonds is 15. The van der Waals surface area contributed by atoms with E-state index in [0.29, 0.717) is 35.1 Å². The molecular weight excluding hydrogens is 829 g/mol. The van der Waals surface area contributed by atoms with Crippen molar-refractivity contribution in [2.45, 2.75) is 69.4 Å². The lowest BCUT2D eigenvalue weighted by Gasteiger charge is -2.49. The minimum absolute atomic E-state index is 0.0430. The topological polar surface area (TPSA) is 289 Å². The summed E-state index contributed by atoms with van der Waals surface area (Å²) < 4.78 is 17.9. The standard InChI is InChI=1S/C46H52N6O12/c1-4-27-30(62-3)18-31(38-36(27)39(56)28-16-25(11-10-23-8-6-5-7-9-23)29(20-51-45(48)49-2)40(57)37(28)41(38)58)63-44-42(59)43(60)46(61,32(22-53)64-44)19-26(24-14-15-50-33(47)17-24)21-52-34(54)12-13-35(52)55/h5-9,12-14,16-18,26,32,42-44,50,53,57,59-61H,4,10-11,15,19-22,47H2,1-3H3,(H3,48,49,51). The van der Waals surface area contributed by atoms with Gasteiger partial charge in [-0.2, -0.15) is 0 Å². The molecule has 1 aliphatic carbocycles. The zero-order valence-electron chi connectivity index (χ0n) is 35.5. The minimum Gasteiger partial charge on any atom is -0.507 e. The molecule has 11 N–H and O–H groups in total. The normalized spacial score (nSPS) is 23.5. The fourth-order valence-corrected chi connectivity index (χ4v) is 8.86. The molecule has 0 spiro atoms. The number of carbonyl (C=O) groups is 4. The number of aliphatic hydroxyl groups is 4. The van der Waals surface area contributed by atoms with E-state index in [2.05, 4.69) is 15.6 Å². The molecule has 1 saturated heterocycles. The van der Waals surface area contributed by atoms with E-state index in [1.807, 2.05) is 30.3 Å². The van der Waals surface area contributed by atoms with Gasteiger partial charge < -0.3 is 61.8 Å². The second kappa shape index (κ2) is 18.6. The number of ether oxygens (including phenoxy) is 3. The Kier molecular flexibility index (Phi) is 13.2. The van der Waals surface area contributed by atoms with Gasteiger partial charge in [0.2, 0.25) is 12.1 Å². The fraction of sp³-hybridized carbons (Fsp3) is 0.370. The zero-order chi connectivity index (χ0) is 46.0. The largest absolute Gasteiger partial charge is 0.507 e. The van der Waals surface area contributed by atoms with Gasteiger partial charge in [-0.15, -0.1) is 0 Å². The molecule has 3 aliphatic heterocycles. The van der Waals surface area contributed by atoms with Crippen molar-refractivity contribution in [3.05, 3.63) is 123 Å². The summed E-state index contributed by atoms with van der Waals surface area (Å²) in [7, 11) is 2.85. The van der Waals surface area contributed by atoms with Crippen molar-refractivity contribution in [1.29, 1.82) is 0 Å². The first-order valence-electron chi connectivity index (χ1n) is 20.8. The lowest BCUT2D eigenvalue weighted by Crippen LogP contribution is -2.68. The molecule has 2 amide bonds. The maximum absolute atomic E-state index is 14.9. The highest BCUT2D eigenvalue weighted by Gasteiger charge is 2.57. The first kappa shape index (κ1) is 45.5. The number of methoxy groups -OCH3 is 1. The van der Waals surface area contributed by atoms with Crippen molar-refractivity contribution in [3.63, 3.8) is 0 Å². The van der Waals surface area contributed by atoms with E-state index < -0.39 is 78.3 Å². The Morgan fingerprint density at radius 1 is 1.03 bits per heavy atom. The Hall–Kier alpha value is -6.57. The van der Waals surface area contributed by atoms with Crippen LogP contribution in [-0.2, 0) is 40.1 Å². The van der Waals surface area contributed by atoms with Gasteiger partial charge in [-0.1, -0.05) is 43.3 Å². The van der Waals surface area contributed by atoms with Crippen LogP contribution in [-0.4, -0.2) is 124 Å². The second-order valence-electron chi connectivity index (χ2n) is 16.0. The number of nitrogens with zero attached hydrogens (tertiary/aromatic N) is 2. The van der Waals surface area contributed by atoms with Crippen LogP contribution < -0.4 is 31.6 Å². The number of guanidine groups is 1. The number of dihydropyridines is 1. The third-order valence-electron chi connectivity index (χ3n) is 12.3. The first-order chi connectivity index (χ1) is 30.6. The van der Waals surface area contributed by atoms with E-state index in [9.17, 15) is 44.7 Å².